The van der Waals surface area contributed by atoms with Crippen LogP contribution in [-0.2, 0) is 24.4 Å². The smallest absolute Gasteiger partial charge is 0.381 e. The van der Waals surface area contributed by atoms with Crippen molar-refractivity contribution in [3.63, 3.8) is 0 Å². The maximum Gasteiger partial charge on any atom is 0.381 e. The standard InChI is InChI=1S/C21H27N3O3.C6H8O2/c1-4-7-10-13-16-22-19(25)23(17-14-11-8-5-2)21(27)24(20(22)26)18-15-12-9-6-3;1-2-3-4-5-6(7)8/h1-3H,7-18H2;2-3H2,1H3,(H,7,8). The molecular weight excluding hydrogens is 446 g/mol. The van der Waals surface area contributed by atoms with E-state index >= 15 is 0 Å². The van der Waals surface area contributed by atoms with Crippen LogP contribution in [-0.4, -0.2) is 24.8 Å². The van der Waals surface area contributed by atoms with E-state index in [4.69, 9.17) is 24.4 Å². The van der Waals surface area contributed by atoms with E-state index < -0.39 is 23.0 Å². The average molecular weight is 482 g/mol. The van der Waals surface area contributed by atoms with E-state index in [-0.39, 0.29) is 19.6 Å². The molecule has 188 valence electrons. The zero-order valence-corrected chi connectivity index (χ0v) is 20.6. The first-order chi connectivity index (χ1) is 16.8. The van der Waals surface area contributed by atoms with E-state index in [1.165, 1.54) is 0 Å². The largest absolute Gasteiger partial charge is 0.472 e. The van der Waals surface area contributed by atoms with Gasteiger partial charge in [0.2, 0.25) is 0 Å². The monoisotopic (exact) mass is 481 g/mol. The fourth-order valence-electron chi connectivity index (χ4n) is 3.01. The van der Waals surface area contributed by atoms with Crippen LogP contribution in [0.5, 0.6) is 0 Å². The second-order valence-electron chi connectivity index (χ2n) is 7.64. The van der Waals surface area contributed by atoms with Gasteiger partial charge in [0.15, 0.2) is 0 Å². The van der Waals surface area contributed by atoms with Crippen LogP contribution in [0.4, 0.5) is 0 Å². The van der Waals surface area contributed by atoms with Crippen molar-refractivity contribution < 1.29 is 9.90 Å². The van der Waals surface area contributed by atoms with Crippen molar-refractivity contribution >= 4 is 5.97 Å². The summed E-state index contributed by atoms with van der Waals surface area (Å²) < 4.78 is 3.42. The number of aliphatic carboxylic acids is 1. The number of rotatable bonds is 13. The Labute approximate surface area is 207 Å². The molecule has 1 rings (SSSR count). The van der Waals surface area contributed by atoms with Crippen LogP contribution in [0.25, 0.3) is 0 Å². The lowest BCUT2D eigenvalue weighted by Gasteiger charge is -2.13. The molecule has 8 heteroatoms. The minimum atomic E-state index is -1.04. The third-order valence-corrected chi connectivity index (χ3v) is 4.81. The van der Waals surface area contributed by atoms with Crippen molar-refractivity contribution in [3.8, 4) is 48.9 Å². The van der Waals surface area contributed by atoms with Gasteiger partial charge in [-0.1, -0.05) is 12.8 Å². The SMILES string of the molecule is C#CCCCCn1c(=O)n(CCCCC#C)c(=O)n(CCCCC#C)c1=O.CCCC#CC(=O)O. The van der Waals surface area contributed by atoms with Gasteiger partial charge in [0.25, 0.3) is 0 Å². The Hall–Kier alpha value is -3.88. The molecule has 0 amide bonds. The minimum absolute atomic E-state index is 0.244. The van der Waals surface area contributed by atoms with E-state index in [9.17, 15) is 19.2 Å². The third-order valence-electron chi connectivity index (χ3n) is 4.81. The van der Waals surface area contributed by atoms with Gasteiger partial charge < -0.3 is 5.11 Å². The lowest BCUT2D eigenvalue weighted by molar-refractivity contribution is -0.130. The molecule has 8 nitrogen and oxygen atoms in total. The molecule has 0 atom stereocenters. The molecule has 0 aliphatic carbocycles. The lowest BCUT2D eigenvalue weighted by Crippen LogP contribution is -2.54. The summed E-state index contributed by atoms with van der Waals surface area (Å²) in [6.45, 7) is 2.69. The molecule has 1 N–H and O–H groups in total. The van der Waals surface area contributed by atoms with Gasteiger partial charge in [-0.25, -0.2) is 32.9 Å². The Morgan fingerprint density at radius 1 is 0.686 bits per heavy atom. The van der Waals surface area contributed by atoms with Crippen molar-refractivity contribution in [2.75, 3.05) is 0 Å². The van der Waals surface area contributed by atoms with Crippen molar-refractivity contribution in [2.24, 2.45) is 0 Å². The average Bonchev–Trinajstić information content (AvgIpc) is 2.83. The van der Waals surface area contributed by atoms with Crippen LogP contribution >= 0.6 is 0 Å². The Morgan fingerprint density at radius 2 is 1.03 bits per heavy atom. The lowest BCUT2D eigenvalue weighted by atomic mass is 10.2. The van der Waals surface area contributed by atoms with Crippen LogP contribution in [0.3, 0.4) is 0 Å². The molecule has 1 aromatic rings. The van der Waals surface area contributed by atoms with Crippen molar-refractivity contribution in [1.82, 2.24) is 13.7 Å². The number of aromatic nitrogens is 3. The molecule has 35 heavy (non-hydrogen) atoms. The Balaban J connectivity index is 0.00000124. The Kier molecular flexibility index (Phi) is 17.4. The maximum atomic E-state index is 12.7. The topological polar surface area (TPSA) is 103 Å². The Morgan fingerprint density at radius 3 is 1.29 bits per heavy atom. The second-order valence-corrected chi connectivity index (χ2v) is 7.64. The summed E-state index contributed by atoms with van der Waals surface area (Å²) in [6.07, 6.45) is 23.0. The molecule has 0 aliphatic rings. The Bertz CT molecular complexity index is 1000. The second kappa shape index (κ2) is 19.6. The highest BCUT2D eigenvalue weighted by Crippen LogP contribution is 1.98. The zero-order chi connectivity index (χ0) is 26.5. The normalized spacial score (nSPS) is 9.43. The number of carbonyl (C=O) groups is 1. The number of unbranched alkanes of at least 4 members (excludes halogenated alkanes) is 7. The molecule has 1 heterocycles. The van der Waals surface area contributed by atoms with E-state index in [0.717, 1.165) is 20.1 Å². The fraction of sp³-hybridized carbons (Fsp3) is 0.556. The van der Waals surface area contributed by atoms with Crippen LogP contribution in [0.1, 0.15) is 77.6 Å². The van der Waals surface area contributed by atoms with E-state index in [1.807, 2.05) is 12.8 Å². The predicted octanol–water partition coefficient (Wildman–Crippen LogP) is 2.46. The number of hydrogen-bond acceptors (Lipinski definition) is 4. The maximum absolute atomic E-state index is 12.7. The number of terminal acetylenes is 3. The van der Waals surface area contributed by atoms with E-state index in [2.05, 4.69) is 23.7 Å². The molecule has 1 aromatic heterocycles. The van der Waals surface area contributed by atoms with Crippen molar-refractivity contribution in [2.45, 2.75) is 97.2 Å². The zero-order valence-electron chi connectivity index (χ0n) is 20.6. The van der Waals surface area contributed by atoms with Gasteiger partial charge in [0, 0.05) is 51.2 Å². The minimum Gasteiger partial charge on any atom is -0.472 e. The van der Waals surface area contributed by atoms with Crippen LogP contribution in [0.2, 0.25) is 0 Å². The molecule has 0 saturated carbocycles. The molecule has 0 aliphatic heterocycles. The summed E-state index contributed by atoms with van der Waals surface area (Å²) in [4.78, 5) is 47.7. The summed E-state index contributed by atoms with van der Waals surface area (Å²) in [5.74, 6) is 11.1. The number of hydrogen-bond donors (Lipinski definition) is 1. The first-order valence-corrected chi connectivity index (χ1v) is 11.8. The molecule has 0 spiro atoms. The highest BCUT2D eigenvalue weighted by atomic mass is 16.4. The first-order valence-electron chi connectivity index (χ1n) is 11.8. The number of carboxylic acids is 1. The van der Waals surface area contributed by atoms with Gasteiger partial charge in [0.1, 0.15) is 0 Å². The van der Waals surface area contributed by atoms with Crippen molar-refractivity contribution in [1.29, 1.82) is 0 Å². The summed E-state index contributed by atoms with van der Waals surface area (Å²) in [7, 11) is 0. The highest BCUT2D eigenvalue weighted by Gasteiger charge is 2.14. The van der Waals surface area contributed by atoms with Crippen LogP contribution in [0.15, 0.2) is 14.4 Å². The van der Waals surface area contributed by atoms with Gasteiger partial charge in [-0.3, -0.25) is 0 Å². The molecule has 0 saturated heterocycles. The molecule has 0 unspecified atom stereocenters. The first kappa shape index (κ1) is 31.1. The molecule has 0 aromatic carbocycles. The molecule has 0 radical (unpaired) electrons. The van der Waals surface area contributed by atoms with Crippen molar-refractivity contribution in [3.05, 3.63) is 31.5 Å². The summed E-state index contributed by atoms with van der Waals surface area (Å²) in [5, 5.41) is 7.97. The van der Waals surface area contributed by atoms with E-state index in [0.29, 0.717) is 64.2 Å². The van der Waals surface area contributed by atoms with Gasteiger partial charge in [-0.05, 0) is 44.9 Å². The number of nitrogens with zero attached hydrogens (tertiary/aromatic N) is 3. The quantitative estimate of drug-likeness (QED) is 0.344. The fourth-order valence-corrected chi connectivity index (χ4v) is 3.01. The molecule has 0 bridgehead atoms. The molecule has 0 fully saturated rings. The van der Waals surface area contributed by atoms with Crippen LogP contribution < -0.4 is 17.1 Å². The highest BCUT2D eigenvalue weighted by molar-refractivity contribution is 5.86. The summed E-state index contributed by atoms with van der Waals surface area (Å²) in [5.41, 5.74) is -1.69. The number of carboxylic acid groups (broad SMARTS) is 1. The molecular formula is C27H35N3O5. The van der Waals surface area contributed by atoms with Gasteiger partial charge in [-0.15, -0.1) is 37.0 Å². The van der Waals surface area contributed by atoms with Crippen LogP contribution in [0, 0.1) is 48.9 Å². The van der Waals surface area contributed by atoms with E-state index in [1.54, 1.807) is 0 Å². The van der Waals surface area contributed by atoms with Gasteiger partial charge in [-0.2, -0.15) is 0 Å². The summed E-state index contributed by atoms with van der Waals surface area (Å²) >= 11 is 0. The predicted molar refractivity (Wildman–Crippen MR) is 138 cm³/mol. The van der Waals surface area contributed by atoms with Gasteiger partial charge >= 0.3 is 23.0 Å². The third kappa shape index (κ3) is 12.8. The van der Waals surface area contributed by atoms with Gasteiger partial charge in [0.05, 0.1) is 0 Å². The summed E-state index contributed by atoms with van der Waals surface area (Å²) in [6, 6.07) is 0.